The molecule has 25 heavy (non-hydrogen) atoms. The molecule has 0 radical (unpaired) electrons. The van der Waals surface area contributed by atoms with Crippen molar-refractivity contribution in [2.45, 2.75) is 6.54 Å². The van der Waals surface area contributed by atoms with Crippen molar-refractivity contribution in [3.8, 4) is 22.5 Å². The van der Waals surface area contributed by atoms with Crippen molar-refractivity contribution >= 4 is 17.2 Å². The molecule has 0 saturated carbocycles. The number of benzene rings is 1. The minimum Gasteiger partial charge on any atom is -0.501 e. The number of aromatic hydroxyl groups is 2. The Morgan fingerprint density at radius 3 is 2.72 bits per heavy atom. The van der Waals surface area contributed by atoms with Gasteiger partial charge in [0.2, 0.25) is 5.75 Å². The fourth-order valence-corrected chi connectivity index (χ4v) is 2.52. The van der Waals surface area contributed by atoms with Gasteiger partial charge >= 0.3 is 0 Å². The lowest BCUT2D eigenvalue weighted by Gasteiger charge is -2.09. The van der Waals surface area contributed by atoms with Crippen LogP contribution in [0.5, 0.6) is 11.6 Å². The molecule has 128 valence electrons. The summed E-state index contributed by atoms with van der Waals surface area (Å²) in [7, 11) is 0. The normalized spacial score (nSPS) is 10.6. The number of rotatable bonds is 4. The highest BCUT2D eigenvalue weighted by Gasteiger charge is 2.21. The van der Waals surface area contributed by atoms with Crippen LogP contribution in [0.15, 0.2) is 29.8 Å². The molecular formula is C15H10F2N4O3S. The molecule has 0 atom stereocenters. The zero-order valence-corrected chi connectivity index (χ0v) is 13.2. The summed E-state index contributed by atoms with van der Waals surface area (Å²) in [6, 6.07) is 2.93. The van der Waals surface area contributed by atoms with Crippen molar-refractivity contribution in [1.82, 2.24) is 20.3 Å². The van der Waals surface area contributed by atoms with E-state index in [2.05, 4.69) is 20.3 Å². The molecule has 1 aromatic carbocycles. The minimum absolute atomic E-state index is 0.0385. The van der Waals surface area contributed by atoms with Gasteiger partial charge in [0.1, 0.15) is 11.6 Å². The van der Waals surface area contributed by atoms with Gasteiger partial charge in [0.15, 0.2) is 16.5 Å². The topological polar surface area (TPSA) is 108 Å². The average molecular weight is 364 g/mol. The molecule has 2 aromatic heterocycles. The summed E-state index contributed by atoms with van der Waals surface area (Å²) < 4.78 is 26.5. The van der Waals surface area contributed by atoms with Gasteiger partial charge in [-0.3, -0.25) is 4.79 Å². The molecule has 3 rings (SSSR count). The number of carbonyl (C=O) groups excluding carboxylic acids is 1. The van der Waals surface area contributed by atoms with Gasteiger partial charge in [-0.25, -0.2) is 18.7 Å². The lowest BCUT2D eigenvalue weighted by atomic mass is 10.2. The van der Waals surface area contributed by atoms with Gasteiger partial charge in [-0.2, -0.15) is 4.98 Å². The molecule has 0 unspecified atom stereocenters. The summed E-state index contributed by atoms with van der Waals surface area (Å²) in [6.07, 6.45) is 1.49. The lowest BCUT2D eigenvalue weighted by molar-refractivity contribution is 0.0941. The first-order valence-electron chi connectivity index (χ1n) is 6.87. The fraction of sp³-hybridized carbons (Fsp3) is 0.0667. The van der Waals surface area contributed by atoms with E-state index >= 15 is 0 Å². The molecule has 0 spiro atoms. The molecule has 3 aromatic rings. The van der Waals surface area contributed by atoms with Crippen molar-refractivity contribution in [3.63, 3.8) is 0 Å². The summed E-state index contributed by atoms with van der Waals surface area (Å²) in [4.78, 5) is 23.7. The summed E-state index contributed by atoms with van der Waals surface area (Å²) in [5, 5.41) is 23.8. The van der Waals surface area contributed by atoms with Crippen molar-refractivity contribution < 1.29 is 23.8 Å². The van der Waals surface area contributed by atoms with Gasteiger partial charge in [0.25, 0.3) is 11.8 Å². The molecule has 3 N–H and O–H groups in total. The second kappa shape index (κ2) is 6.77. The van der Waals surface area contributed by atoms with E-state index in [0.717, 1.165) is 6.07 Å². The summed E-state index contributed by atoms with van der Waals surface area (Å²) in [5.74, 6) is -4.05. The highest BCUT2D eigenvalue weighted by atomic mass is 32.1. The summed E-state index contributed by atoms with van der Waals surface area (Å²) in [5.41, 5.74) is -0.437. The number of carbonyl (C=O) groups is 1. The molecule has 10 heteroatoms. The van der Waals surface area contributed by atoms with Crippen LogP contribution >= 0.6 is 11.3 Å². The smallest absolute Gasteiger partial charge is 0.274 e. The SMILES string of the molecule is O=C(NCc1ccc(F)cc1F)c1nc(-c2nccs2)nc(O)c1O. The number of hydrogen-bond acceptors (Lipinski definition) is 7. The van der Waals surface area contributed by atoms with E-state index in [1.165, 1.54) is 23.6 Å². The minimum atomic E-state index is -0.864. The van der Waals surface area contributed by atoms with E-state index in [1.807, 2.05) is 0 Å². The maximum Gasteiger partial charge on any atom is 0.274 e. The van der Waals surface area contributed by atoms with Gasteiger partial charge in [-0.15, -0.1) is 11.3 Å². The molecule has 0 aliphatic rings. The molecule has 7 nitrogen and oxygen atoms in total. The van der Waals surface area contributed by atoms with Crippen LogP contribution in [0.3, 0.4) is 0 Å². The molecular weight excluding hydrogens is 354 g/mol. The number of halogens is 2. The Hall–Kier alpha value is -3.14. The van der Waals surface area contributed by atoms with Crippen molar-refractivity contribution in [1.29, 1.82) is 0 Å². The van der Waals surface area contributed by atoms with Gasteiger partial charge in [0, 0.05) is 29.8 Å². The summed E-state index contributed by atoms with van der Waals surface area (Å²) >= 11 is 1.18. The predicted molar refractivity (Wildman–Crippen MR) is 84.0 cm³/mol. The van der Waals surface area contributed by atoms with E-state index in [-0.39, 0.29) is 17.9 Å². The first-order valence-corrected chi connectivity index (χ1v) is 7.75. The van der Waals surface area contributed by atoms with Crippen LogP contribution in [0.1, 0.15) is 16.1 Å². The van der Waals surface area contributed by atoms with Crippen LogP contribution < -0.4 is 5.32 Å². The number of nitrogens with one attached hydrogen (secondary N) is 1. The Morgan fingerprint density at radius 2 is 2.04 bits per heavy atom. The Labute approximate surface area is 143 Å². The number of hydrogen-bond donors (Lipinski definition) is 3. The van der Waals surface area contributed by atoms with Crippen molar-refractivity contribution in [2.75, 3.05) is 0 Å². The quantitative estimate of drug-likeness (QED) is 0.655. The molecule has 1 amide bonds. The molecule has 0 aliphatic carbocycles. The second-order valence-electron chi connectivity index (χ2n) is 4.82. The van der Waals surface area contributed by atoms with Crippen molar-refractivity contribution in [2.24, 2.45) is 0 Å². The third-order valence-corrected chi connectivity index (χ3v) is 3.93. The Bertz CT molecular complexity index is 935. The van der Waals surface area contributed by atoms with Gasteiger partial charge < -0.3 is 15.5 Å². The highest BCUT2D eigenvalue weighted by molar-refractivity contribution is 7.13. The van der Waals surface area contributed by atoms with Crippen LogP contribution in [0.4, 0.5) is 8.78 Å². The van der Waals surface area contributed by atoms with Crippen LogP contribution in [0.2, 0.25) is 0 Å². The predicted octanol–water partition coefficient (Wildman–Crippen LogP) is 2.22. The standard InChI is InChI=1S/C15H10F2N4O3S/c16-8-2-1-7(9(17)5-8)6-19-13(23)10-11(22)14(24)21-12(20-10)15-18-3-4-25-15/h1-5,22H,6H2,(H,19,23)(H,20,21,24). The summed E-state index contributed by atoms with van der Waals surface area (Å²) in [6.45, 7) is -0.262. The zero-order chi connectivity index (χ0) is 18.0. The Kier molecular flexibility index (Phi) is 4.52. The van der Waals surface area contributed by atoms with E-state index in [0.29, 0.717) is 11.1 Å². The number of amides is 1. The lowest BCUT2D eigenvalue weighted by Crippen LogP contribution is -2.24. The first-order chi connectivity index (χ1) is 12.0. The first kappa shape index (κ1) is 16.7. The third-order valence-electron chi connectivity index (χ3n) is 3.16. The molecule has 0 saturated heterocycles. The Morgan fingerprint density at radius 1 is 1.24 bits per heavy atom. The fourth-order valence-electron chi connectivity index (χ4n) is 1.96. The van der Waals surface area contributed by atoms with Crippen molar-refractivity contribution in [3.05, 3.63) is 52.7 Å². The molecule has 0 bridgehead atoms. The van der Waals surface area contributed by atoms with E-state index in [4.69, 9.17) is 0 Å². The van der Waals surface area contributed by atoms with Crippen LogP contribution in [-0.4, -0.2) is 31.1 Å². The van der Waals surface area contributed by atoms with Crippen LogP contribution in [0, 0.1) is 11.6 Å². The largest absolute Gasteiger partial charge is 0.501 e. The monoisotopic (exact) mass is 364 g/mol. The maximum absolute atomic E-state index is 13.6. The second-order valence-corrected chi connectivity index (χ2v) is 5.72. The van der Waals surface area contributed by atoms with Gasteiger partial charge in [-0.05, 0) is 6.07 Å². The van der Waals surface area contributed by atoms with Crippen LogP contribution in [-0.2, 0) is 6.54 Å². The van der Waals surface area contributed by atoms with Gasteiger partial charge in [-0.1, -0.05) is 6.07 Å². The molecule has 0 fully saturated rings. The van der Waals surface area contributed by atoms with Crippen LogP contribution in [0.25, 0.3) is 10.8 Å². The van der Waals surface area contributed by atoms with E-state index in [1.54, 1.807) is 5.38 Å². The van der Waals surface area contributed by atoms with E-state index < -0.39 is 34.9 Å². The third kappa shape index (κ3) is 3.53. The average Bonchev–Trinajstić information content (AvgIpc) is 3.10. The van der Waals surface area contributed by atoms with E-state index in [9.17, 15) is 23.8 Å². The number of thiazole rings is 1. The van der Waals surface area contributed by atoms with Gasteiger partial charge in [0.05, 0.1) is 0 Å². The molecule has 0 aliphatic heterocycles. The molecule has 2 heterocycles. The number of nitrogens with zero attached hydrogens (tertiary/aromatic N) is 3. The Balaban J connectivity index is 1.84. The zero-order valence-electron chi connectivity index (χ0n) is 12.4. The maximum atomic E-state index is 13.6. The highest BCUT2D eigenvalue weighted by Crippen LogP contribution is 2.29. The number of aromatic nitrogens is 3.